The van der Waals surface area contributed by atoms with Crippen molar-refractivity contribution >= 4 is 33.2 Å². The van der Waals surface area contributed by atoms with Crippen LogP contribution in [0, 0.1) is 0 Å². The van der Waals surface area contributed by atoms with Crippen molar-refractivity contribution in [1.82, 2.24) is 5.32 Å². The molecule has 0 spiro atoms. The van der Waals surface area contributed by atoms with Crippen LogP contribution in [0.15, 0.2) is 42.5 Å². The maximum Gasteiger partial charge on any atom is 0.241 e. The summed E-state index contributed by atoms with van der Waals surface area (Å²) in [7, 11) is -0.628. The summed E-state index contributed by atoms with van der Waals surface area (Å²) in [5, 5.41) is 3.13. The van der Waals surface area contributed by atoms with Crippen LogP contribution in [-0.4, -0.2) is 41.3 Å². The van der Waals surface area contributed by atoms with E-state index >= 15 is 0 Å². The molecule has 158 valence electrons. The Morgan fingerprint density at radius 2 is 1.79 bits per heavy atom. The fraction of sp³-hybridized carbons (Fsp3) is 0.350. The first-order valence-electron chi connectivity index (χ1n) is 8.94. The van der Waals surface area contributed by atoms with Crippen LogP contribution in [0.2, 0.25) is 5.02 Å². The van der Waals surface area contributed by atoms with Gasteiger partial charge in [0.05, 0.1) is 37.2 Å². The Balaban J connectivity index is 2.23. The van der Waals surface area contributed by atoms with Crippen molar-refractivity contribution in [2.75, 3.05) is 31.3 Å². The van der Waals surface area contributed by atoms with Crippen LogP contribution in [0.3, 0.4) is 0 Å². The minimum Gasteiger partial charge on any atom is -0.493 e. The van der Waals surface area contributed by atoms with Gasteiger partial charge in [0, 0.05) is 0 Å². The molecular weight excluding hydrogens is 416 g/mol. The van der Waals surface area contributed by atoms with Gasteiger partial charge < -0.3 is 14.8 Å². The highest BCUT2D eigenvalue weighted by Gasteiger charge is 2.24. The molecule has 7 nitrogen and oxygen atoms in total. The second-order valence-corrected chi connectivity index (χ2v) is 8.68. The molecule has 0 saturated heterocycles. The molecule has 1 atom stereocenters. The molecule has 1 N–H and O–H groups in total. The lowest BCUT2D eigenvalue weighted by Gasteiger charge is -2.25. The molecule has 2 aromatic rings. The third-order valence-corrected chi connectivity index (χ3v) is 5.81. The van der Waals surface area contributed by atoms with Gasteiger partial charge in [-0.15, -0.1) is 0 Å². The maximum atomic E-state index is 12.7. The van der Waals surface area contributed by atoms with Gasteiger partial charge in [-0.2, -0.15) is 0 Å². The molecule has 0 bridgehead atoms. The van der Waals surface area contributed by atoms with E-state index in [4.69, 9.17) is 21.1 Å². The van der Waals surface area contributed by atoms with E-state index < -0.39 is 15.9 Å². The lowest BCUT2D eigenvalue weighted by molar-refractivity contribution is -0.120. The van der Waals surface area contributed by atoms with Crippen molar-refractivity contribution in [3.63, 3.8) is 0 Å². The monoisotopic (exact) mass is 440 g/mol. The molecular formula is C20H25ClN2O5S. The number of para-hydroxylation sites is 1. The molecule has 2 rings (SSSR count). The lowest BCUT2D eigenvalue weighted by Crippen LogP contribution is -2.41. The van der Waals surface area contributed by atoms with Crippen LogP contribution >= 0.6 is 11.6 Å². The van der Waals surface area contributed by atoms with E-state index in [-0.39, 0.29) is 23.3 Å². The molecule has 1 amide bonds. The number of halogens is 1. The summed E-state index contributed by atoms with van der Waals surface area (Å²) >= 11 is 6.14. The van der Waals surface area contributed by atoms with E-state index in [1.165, 1.54) is 7.11 Å². The summed E-state index contributed by atoms with van der Waals surface area (Å²) in [6.07, 6.45) is 1.64. The number of hydrogen-bond acceptors (Lipinski definition) is 5. The Labute approximate surface area is 176 Å². The highest BCUT2D eigenvalue weighted by Crippen LogP contribution is 2.31. The number of carbonyl (C=O) groups excluding carboxylic acids is 1. The fourth-order valence-corrected chi connectivity index (χ4v) is 4.05. The Morgan fingerprint density at radius 1 is 1.14 bits per heavy atom. The van der Waals surface area contributed by atoms with Crippen LogP contribution in [0.25, 0.3) is 0 Å². The van der Waals surface area contributed by atoms with Crippen molar-refractivity contribution in [2.45, 2.75) is 19.4 Å². The molecule has 0 radical (unpaired) electrons. The van der Waals surface area contributed by atoms with Crippen LogP contribution < -0.4 is 19.1 Å². The number of sulfonamides is 1. The minimum absolute atomic E-state index is 0.248. The van der Waals surface area contributed by atoms with Crippen molar-refractivity contribution in [3.05, 3.63) is 53.1 Å². The summed E-state index contributed by atoms with van der Waals surface area (Å²) in [6, 6.07) is 11.5. The zero-order valence-corrected chi connectivity index (χ0v) is 18.4. The average Bonchev–Trinajstić information content (AvgIpc) is 2.69. The Kier molecular flexibility index (Phi) is 7.75. The topological polar surface area (TPSA) is 84.9 Å². The number of carbonyl (C=O) groups is 1. The first-order valence-corrected chi connectivity index (χ1v) is 11.2. The number of nitrogens with zero attached hydrogens (tertiary/aromatic N) is 1. The number of methoxy groups -OCH3 is 2. The number of nitrogens with one attached hydrogen (secondary N) is 1. The summed E-state index contributed by atoms with van der Waals surface area (Å²) in [5.41, 5.74) is 1.08. The van der Waals surface area contributed by atoms with E-state index in [1.807, 2.05) is 13.0 Å². The molecule has 2 aromatic carbocycles. The predicted molar refractivity (Wildman–Crippen MR) is 114 cm³/mol. The van der Waals surface area contributed by atoms with Gasteiger partial charge in [-0.1, -0.05) is 36.7 Å². The second-order valence-electron chi connectivity index (χ2n) is 6.36. The van der Waals surface area contributed by atoms with Gasteiger partial charge in [-0.25, -0.2) is 8.42 Å². The summed E-state index contributed by atoms with van der Waals surface area (Å²) in [5.74, 6) is 0.683. The molecule has 0 aliphatic carbocycles. The average molecular weight is 441 g/mol. The van der Waals surface area contributed by atoms with Crippen molar-refractivity contribution in [1.29, 1.82) is 0 Å². The highest BCUT2D eigenvalue weighted by molar-refractivity contribution is 7.92. The highest BCUT2D eigenvalue weighted by atomic mass is 35.5. The first kappa shape index (κ1) is 22.8. The van der Waals surface area contributed by atoms with E-state index in [0.717, 1.165) is 16.1 Å². The Bertz CT molecular complexity index is 965. The third kappa shape index (κ3) is 5.77. The Hall–Kier alpha value is -2.45. The zero-order valence-electron chi connectivity index (χ0n) is 16.8. The molecule has 29 heavy (non-hydrogen) atoms. The molecule has 0 heterocycles. The number of amides is 1. The smallest absolute Gasteiger partial charge is 0.241 e. The fourth-order valence-electron chi connectivity index (χ4n) is 2.90. The molecule has 0 saturated carbocycles. The van der Waals surface area contributed by atoms with Crippen LogP contribution in [0.4, 0.5) is 5.69 Å². The standard InChI is InChI=1S/C20H25ClN2O5S/c1-5-16(14-10-11-18(27-2)19(12-14)28-3)22-20(24)13-23(29(4,25)26)17-9-7-6-8-15(17)21/h6-12,16H,5,13H2,1-4H3,(H,22,24)/t16-/m1/s1. The van der Waals surface area contributed by atoms with Crippen molar-refractivity contribution in [2.24, 2.45) is 0 Å². The van der Waals surface area contributed by atoms with E-state index in [2.05, 4.69) is 5.32 Å². The summed E-state index contributed by atoms with van der Waals surface area (Å²) in [6.45, 7) is 1.54. The van der Waals surface area contributed by atoms with Gasteiger partial charge in [0.1, 0.15) is 6.54 Å². The quantitative estimate of drug-likeness (QED) is 0.646. The SMILES string of the molecule is CC[C@@H](NC(=O)CN(c1ccccc1Cl)S(C)(=O)=O)c1ccc(OC)c(OC)c1. The number of ether oxygens (including phenoxy) is 2. The number of anilines is 1. The van der Waals surface area contributed by atoms with Gasteiger partial charge in [0.25, 0.3) is 0 Å². The summed E-state index contributed by atoms with van der Waals surface area (Å²) < 4.78 is 36.1. The Morgan fingerprint density at radius 3 is 2.34 bits per heavy atom. The zero-order chi connectivity index (χ0) is 21.6. The van der Waals surface area contributed by atoms with Gasteiger partial charge >= 0.3 is 0 Å². The molecule has 0 aromatic heterocycles. The number of hydrogen-bond donors (Lipinski definition) is 1. The van der Waals surface area contributed by atoms with Gasteiger partial charge in [-0.3, -0.25) is 9.10 Å². The van der Waals surface area contributed by atoms with Gasteiger partial charge in [-0.05, 0) is 36.2 Å². The normalized spacial score (nSPS) is 12.2. The predicted octanol–water partition coefficient (Wildman–Crippen LogP) is 3.39. The van der Waals surface area contributed by atoms with Crippen LogP contribution in [0.5, 0.6) is 11.5 Å². The molecule has 9 heteroatoms. The van der Waals surface area contributed by atoms with Crippen molar-refractivity contribution in [3.8, 4) is 11.5 Å². The first-order chi connectivity index (χ1) is 13.7. The van der Waals surface area contributed by atoms with Crippen LogP contribution in [-0.2, 0) is 14.8 Å². The molecule has 0 unspecified atom stereocenters. The van der Waals surface area contributed by atoms with Gasteiger partial charge in [0.15, 0.2) is 11.5 Å². The van der Waals surface area contributed by atoms with Crippen LogP contribution in [0.1, 0.15) is 24.9 Å². The third-order valence-electron chi connectivity index (χ3n) is 4.36. The van der Waals surface area contributed by atoms with Gasteiger partial charge in [0.2, 0.25) is 15.9 Å². The minimum atomic E-state index is -3.71. The van der Waals surface area contributed by atoms with E-state index in [0.29, 0.717) is 17.9 Å². The largest absolute Gasteiger partial charge is 0.493 e. The van der Waals surface area contributed by atoms with E-state index in [1.54, 1.807) is 43.5 Å². The molecule has 0 fully saturated rings. The maximum absolute atomic E-state index is 12.7. The van der Waals surface area contributed by atoms with Crippen molar-refractivity contribution < 1.29 is 22.7 Å². The number of benzene rings is 2. The molecule has 0 aliphatic rings. The summed E-state index contributed by atoms with van der Waals surface area (Å²) in [4.78, 5) is 12.7. The number of rotatable bonds is 9. The molecule has 0 aliphatic heterocycles. The van der Waals surface area contributed by atoms with E-state index in [9.17, 15) is 13.2 Å². The second kappa shape index (κ2) is 9.84. The lowest BCUT2D eigenvalue weighted by atomic mass is 10.0.